The Kier molecular flexibility index (Phi) is 13.2. The molecule has 4 heteroatoms. The zero-order valence-electron chi connectivity index (χ0n) is 52.1. The SMILES string of the molecule is CC(C)(C)c1ccc(N(c2ccc(-c3ccccc3)cc2)c2cc3c(c4c2oc2cc(-c5ccccc5)ccc24)-c2c(cc(N(c4ccc(-c5ccccc5)cc4)c4ccc(C(C)(C)C)cc4)c4c2oc2ccccc24)C3(c2ccccc2)c2ccccc2)cc1. The molecule has 0 bridgehead atoms. The molecule has 1 aliphatic rings. The highest BCUT2D eigenvalue weighted by Gasteiger charge is 2.50. The van der Waals surface area contributed by atoms with Gasteiger partial charge in [0.05, 0.1) is 22.2 Å². The van der Waals surface area contributed by atoms with Crippen LogP contribution in [0.5, 0.6) is 0 Å². The molecule has 0 unspecified atom stereocenters. The lowest BCUT2D eigenvalue weighted by molar-refractivity contribution is 0.590. The number of fused-ring (bicyclic) bond motifs is 11. The monoisotopic (exact) mass is 1170 g/mol. The predicted octanol–water partition coefficient (Wildman–Crippen LogP) is 24.4. The third-order valence-electron chi connectivity index (χ3n) is 18.9. The van der Waals surface area contributed by atoms with Crippen LogP contribution in [0, 0.1) is 0 Å². The molecule has 0 fully saturated rings. The highest BCUT2D eigenvalue weighted by Crippen LogP contribution is 2.65. The molecule has 2 heterocycles. The van der Waals surface area contributed by atoms with Gasteiger partial charge in [0.1, 0.15) is 16.7 Å². The number of benzene rings is 13. The molecule has 438 valence electrons. The van der Waals surface area contributed by atoms with Crippen LogP contribution >= 0.6 is 0 Å². The number of furan rings is 2. The quantitative estimate of drug-likeness (QED) is 0.129. The number of nitrogens with zero attached hydrogens (tertiary/aromatic N) is 2. The summed E-state index contributed by atoms with van der Waals surface area (Å²) in [7, 11) is 0. The maximum absolute atomic E-state index is 7.70. The minimum Gasteiger partial charge on any atom is -0.455 e. The molecule has 0 saturated carbocycles. The number of hydrogen-bond acceptors (Lipinski definition) is 4. The largest absolute Gasteiger partial charge is 0.455 e. The zero-order chi connectivity index (χ0) is 61.6. The summed E-state index contributed by atoms with van der Waals surface area (Å²) in [6.45, 7) is 13.7. The van der Waals surface area contributed by atoms with E-state index in [0.717, 1.165) is 139 Å². The summed E-state index contributed by atoms with van der Waals surface area (Å²) >= 11 is 0. The van der Waals surface area contributed by atoms with E-state index >= 15 is 0 Å². The van der Waals surface area contributed by atoms with Crippen molar-refractivity contribution in [2.24, 2.45) is 0 Å². The highest BCUT2D eigenvalue weighted by molar-refractivity contribution is 6.26. The second-order valence-electron chi connectivity index (χ2n) is 26.4. The summed E-state index contributed by atoms with van der Waals surface area (Å²) in [5.41, 5.74) is 24.1. The molecule has 0 atom stereocenters. The number of rotatable bonds is 11. The third-order valence-corrected chi connectivity index (χ3v) is 18.9. The van der Waals surface area contributed by atoms with Crippen LogP contribution in [0.4, 0.5) is 34.1 Å². The van der Waals surface area contributed by atoms with Crippen molar-refractivity contribution >= 4 is 78.0 Å². The van der Waals surface area contributed by atoms with Crippen LogP contribution in [0.25, 0.3) is 88.4 Å². The van der Waals surface area contributed by atoms with Gasteiger partial charge in [-0.05, 0) is 156 Å². The first-order valence-corrected chi connectivity index (χ1v) is 31.7. The summed E-state index contributed by atoms with van der Waals surface area (Å²) in [6, 6.07) is 111. The van der Waals surface area contributed by atoms with Crippen molar-refractivity contribution < 1.29 is 8.83 Å². The van der Waals surface area contributed by atoms with Gasteiger partial charge in [-0.1, -0.05) is 266 Å². The van der Waals surface area contributed by atoms with Crippen LogP contribution in [0.3, 0.4) is 0 Å². The lowest BCUT2D eigenvalue weighted by Crippen LogP contribution is -2.29. The Morgan fingerprint density at radius 2 is 0.648 bits per heavy atom. The molecule has 0 aliphatic heterocycles. The molecule has 0 radical (unpaired) electrons. The Labute approximate surface area is 532 Å². The Bertz CT molecular complexity index is 5130. The average molecular weight is 1170 g/mol. The van der Waals surface area contributed by atoms with E-state index in [1.807, 2.05) is 0 Å². The lowest BCUT2D eigenvalue weighted by Gasteiger charge is -2.36. The molecule has 0 saturated heterocycles. The topological polar surface area (TPSA) is 32.8 Å². The summed E-state index contributed by atoms with van der Waals surface area (Å²) in [5.74, 6) is 0. The standard InChI is InChI=1S/C87H68N2O2/c1-85(2,3)63-41-49-69(50-42-63)88(67-45-36-60(37-46-67)57-24-12-7-13-25-57)75-55-74-82(84-79(75)71-34-22-23-35-77(71)90-84)81-73(87(74,65-30-18-10-19-31-65)66-32-20-11-21-33-66)56-76(83-80(81)72-53-40-62(54-78(72)91-83)59-28-16-9-17-29-59)89(70-51-43-64(44-52-70)86(4,5)6)68-47-38-61(39-48-68)58-26-14-8-15-27-58/h7-56H,1-6H3. The van der Waals surface area contributed by atoms with Gasteiger partial charge >= 0.3 is 0 Å². The van der Waals surface area contributed by atoms with Gasteiger partial charge < -0.3 is 18.6 Å². The fourth-order valence-corrected chi connectivity index (χ4v) is 14.3. The molecule has 15 aromatic rings. The second kappa shape index (κ2) is 21.7. The average Bonchev–Trinajstić information content (AvgIpc) is 1.51. The van der Waals surface area contributed by atoms with Crippen molar-refractivity contribution in [3.8, 4) is 44.5 Å². The van der Waals surface area contributed by atoms with E-state index in [-0.39, 0.29) is 10.8 Å². The Hall–Kier alpha value is -10.9. The van der Waals surface area contributed by atoms with Crippen LogP contribution in [-0.4, -0.2) is 0 Å². The molecule has 1 aliphatic carbocycles. The van der Waals surface area contributed by atoms with Crippen molar-refractivity contribution in [3.05, 3.63) is 337 Å². The van der Waals surface area contributed by atoms with E-state index < -0.39 is 5.41 Å². The van der Waals surface area contributed by atoms with Crippen molar-refractivity contribution in [1.29, 1.82) is 0 Å². The van der Waals surface area contributed by atoms with E-state index in [9.17, 15) is 0 Å². The maximum Gasteiger partial charge on any atom is 0.160 e. The molecular formula is C87H68N2O2. The minimum absolute atomic E-state index is 0.0549. The second-order valence-corrected chi connectivity index (χ2v) is 26.4. The normalized spacial score (nSPS) is 12.8. The summed E-state index contributed by atoms with van der Waals surface area (Å²) in [5, 5.41) is 4.10. The lowest BCUT2D eigenvalue weighted by atomic mass is 9.67. The molecule has 0 amide bonds. The van der Waals surface area contributed by atoms with Gasteiger partial charge in [-0.25, -0.2) is 0 Å². The van der Waals surface area contributed by atoms with Crippen molar-refractivity contribution in [2.75, 3.05) is 9.80 Å². The molecule has 0 N–H and O–H groups in total. The van der Waals surface area contributed by atoms with E-state index in [0.29, 0.717) is 0 Å². The van der Waals surface area contributed by atoms with Gasteiger partial charge in [0.25, 0.3) is 0 Å². The van der Waals surface area contributed by atoms with E-state index in [2.05, 4.69) is 355 Å². The molecule has 13 aromatic carbocycles. The molecule has 16 rings (SSSR count). The highest BCUT2D eigenvalue weighted by atomic mass is 16.3. The van der Waals surface area contributed by atoms with E-state index in [1.54, 1.807) is 0 Å². The van der Waals surface area contributed by atoms with Gasteiger partial charge in [-0.2, -0.15) is 0 Å². The maximum atomic E-state index is 7.70. The van der Waals surface area contributed by atoms with Gasteiger partial charge in [-0.3, -0.25) is 0 Å². The van der Waals surface area contributed by atoms with Gasteiger partial charge in [-0.15, -0.1) is 0 Å². The van der Waals surface area contributed by atoms with Crippen LogP contribution in [-0.2, 0) is 16.2 Å². The van der Waals surface area contributed by atoms with Crippen molar-refractivity contribution in [3.63, 3.8) is 0 Å². The fraction of sp³-hybridized carbons (Fsp3) is 0.103. The first-order valence-electron chi connectivity index (χ1n) is 31.7. The summed E-state index contributed by atoms with van der Waals surface area (Å²) in [6.07, 6.45) is 0. The molecular weight excluding hydrogens is 1100 g/mol. The molecule has 2 aromatic heterocycles. The summed E-state index contributed by atoms with van der Waals surface area (Å²) in [4.78, 5) is 4.90. The summed E-state index contributed by atoms with van der Waals surface area (Å²) < 4.78 is 15.4. The molecule has 4 nitrogen and oxygen atoms in total. The first kappa shape index (κ1) is 55.4. The third kappa shape index (κ3) is 9.27. The van der Waals surface area contributed by atoms with Crippen molar-refractivity contribution in [2.45, 2.75) is 57.8 Å². The zero-order valence-corrected chi connectivity index (χ0v) is 52.1. The van der Waals surface area contributed by atoms with Gasteiger partial charge in [0, 0.05) is 50.0 Å². The van der Waals surface area contributed by atoms with Crippen LogP contribution < -0.4 is 9.80 Å². The minimum atomic E-state index is -0.941. The van der Waals surface area contributed by atoms with Gasteiger partial charge in [0.15, 0.2) is 5.58 Å². The van der Waals surface area contributed by atoms with E-state index in [1.165, 1.54) is 16.7 Å². The smallest absolute Gasteiger partial charge is 0.160 e. The number of hydrogen-bond donors (Lipinski definition) is 0. The van der Waals surface area contributed by atoms with Crippen molar-refractivity contribution in [1.82, 2.24) is 0 Å². The number of anilines is 6. The Morgan fingerprint density at radius 1 is 0.286 bits per heavy atom. The van der Waals surface area contributed by atoms with Gasteiger partial charge in [0.2, 0.25) is 0 Å². The molecule has 0 spiro atoms. The van der Waals surface area contributed by atoms with E-state index in [4.69, 9.17) is 8.83 Å². The Balaban J connectivity index is 1.07. The fourth-order valence-electron chi connectivity index (χ4n) is 14.3. The first-order chi connectivity index (χ1) is 44.4. The Morgan fingerprint density at radius 3 is 1.13 bits per heavy atom. The van der Waals surface area contributed by atoms with Crippen LogP contribution in [0.15, 0.2) is 312 Å². The van der Waals surface area contributed by atoms with Crippen LogP contribution in [0.2, 0.25) is 0 Å². The predicted molar refractivity (Wildman–Crippen MR) is 381 cm³/mol. The molecule has 91 heavy (non-hydrogen) atoms. The van der Waals surface area contributed by atoms with Crippen LogP contribution in [0.1, 0.15) is 74.9 Å². The number of para-hydroxylation sites is 1.